The first-order valence-electron chi connectivity index (χ1n) is 14.0. The van der Waals surface area contributed by atoms with Crippen molar-refractivity contribution < 1.29 is 9.59 Å². The number of benzene rings is 2. The normalized spacial score (nSPS) is 21.9. The molecule has 2 aromatic carbocycles. The largest absolute Gasteiger partial charge is 0.355 e. The van der Waals surface area contributed by atoms with Crippen molar-refractivity contribution in [2.75, 3.05) is 42.3 Å². The van der Waals surface area contributed by atoms with Crippen molar-refractivity contribution in [2.24, 2.45) is 0 Å². The molecule has 5 rings (SSSR count). The Morgan fingerprint density at radius 3 is 2.16 bits per heavy atom. The molecule has 37 heavy (non-hydrogen) atoms. The van der Waals surface area contributed by atoms with E-state index in [1.807, 2.05) is 44.3 Å². The van der Waals surface area contributed by atoms with Crippen LogP contribution in [-0.2, 0) is 4.79 Å². The fraction of sp³-hybridized carbons (Fsp3) is 0.533. The highest BCUT2D eigenvalue weighted by Crippen LogP contribution is 2.41. The predicted molar refractivity (Wildman–Crippen MR) is 151 cm³/mol. The summed E-state index contributed by atoms with van der Waals surface area (Å²) in [5, 5.41) is 6.70. The maximum absolute atomic E-state index is 13.1. The third-order valence-electron chi connectivity index (χ3n) is 8.43. The molecule has 0 unspecified atom stereocenters. The molecule has 3 aliphatic rings. The molecule has 198 valence electrons. The molecule has 0 radical (unpaired) electrons. The van der Waals surface area contributed by atoms with E-state index < -0.39 is 0 Å². The smallest absolute Gasteiger partial charge is 0.251 e. The number of likely N-dealkylation sites (N-methyl/N-ethyl adjacent to an activating group) is 1. The molecule has 2 fully saturated rings. The molecule has 0 spiro atoms. The lowest BCUT2D eigenvalue weighted by Gasteiger charge is -2.44. The average Bonchev–Trinajstić information content (AvgIpc) is 3.19. The summed E-state index contributed by atoms with van der Waals surface area (Å²) in [6, 6.07) is 14.4. The summed E-state index contributed by atoms with van der Waals surface area (Å²) in [6.45, 7) is 4.09. The monoisotopic (exact) mass is 503 g/mol. The Bertz CT molecular complexity index is 1100. The second-order valence-electron chi connectivity index (χ2n) is 11.1. The van der Waals surface area contributed by atoms with Gasteiger partial charge in [0.1, 0.15) is 6.04 Å². The van der Waals surface area contributed by atoms with Crippen molar-refractivity contribution in [3.8, 4) is 0 Å². The lowest BCUT2D eigenvalue weighted by molar-refractivity contribution is -0.119. The molecular weight excluding hydrogens is 462 g/mol. The van der Waals surface area contributed by atoms with Crippen LogP contribution in [0.2, 0.25) is 0 Å². The van der Waals surface area contributed by atoms with E-state index in [2.05, 4.69) is 39.6 Å². The van der Waals surface area contributed by atoms with E-state index in [1.54, 1.807) is 4.90 Å². The van der Waals surface area contributed by atoms with Crippen LogP contribution in [0.4, 0.5) is 22.7 Å². The Kier molecular flexibility index (Phi) is 7.70. The van der Waals surface area contributed by atoms with E-state index in [1.165, 1.54) is 25.7 Å². The van der Waals surface area contributed by atoms with Crippen LogP contribution in [0.3, 0.4) is 0 Å². The highest BCUT2D eigenvalue weighted by Gasteiger charge is 2.37. The Labute approximate surface area is 221 Å². The van der Waals surface area contributed by atoms with E-state index in [9.17, 15) is 9.59 Å². The van der Waals surface area contributed by atoms with Gasteiger partial charge >= 0.3 is 0 Å². The van der Waals surface area contributed by atoms with Gasteiger partial charge in [0, 0.05) is 36.1 Å². The number of carbonyl (C=O) groups excluding carboxylic acids is 2. The first-order valence-corrected chi connectivity index (χ1v) is 14.0. The molecule has 1 saturated heterocycles. The highest BCUT2D eigenvalue weighted by atomic mass is 16.2. The number of hydrogen-bond acceptors (Lipinski definition) is 5. The van der Waals surface area contributed by atoms with E-state index in [-0.39, 0.29) is 23.9 Å². The SMILES string of the molecule is C[C@@H]1C(=O)N(C)c2ccc(Nc3ccc(C(=O)NC4CCN(C)CC4)cc3)cc2N1C1CCCCCC1. The summed E-state index contributed by atoms with van der Waals surface area (Å²) in [5.41, 5.74) is 4.70. The van der Waals surface area contributed by atoms with Crippen molar-refractivity contribution in [1.82, 2.24) is 10.2 Å². The van der Waals surface area contributed by atoms with Crippen molar-refractivity contribution in [3.05, 3.63) is 48.0 Å². The van der Waals surface area contributed by atoms with Gasteiger partial charge in [0.2, 0.25) is 5.91 Å². The molecule has 2 amide bonds. The van der Waals surface area contributed by atoms with Crippen molar-refractivity contribution in [2.45, 2.75) is 76.4 Å². The topological polar surface area (TPSA) is 67.9 Å². The number of anilines is 4. The third-order valence-corrected chi connectivity index (χ3v) is 8.43. The number of carbonyl (C=O) groups is 2. The summed E-state index contributed by atoms with van der Waals surface area (Å²) in [7, 11) is 4.00. The summed E-state index contributed by atoms with van der Waals surface area (Å²) in [6.07, 6.45) is 9.29. The van der Waals surface area contributed by atoms with Crippen LogP contribution in [0.1, 0.15) is 68.6 Å². The lowest BCUT2D eigenvalue weighted by Crippen LogP contribution is -2.54. The minimum Gasteiger partial charge on any atom is -0.355 e. The van der Waals surface area contributed by atoms with E-state index in [4.69, 9.17) is 0 Å². The molecule has 2 heterocycles. The standard InChI is InChI=1S/C30H41N5O2/c1-21-30(37)34(3)27-15-14-25(20-28(27)35(21)26-8-6-4-5-7-9-26)31-23-12-10-22(11-13-23)29(36)32-24-16-18-33(2)19-17-24/h10-15,20-21,24,26,31H,4-9,16-19H2,1-3H3,(H,32,36)/t21-/m1/s1. The number of likely N-dealkylation sites (tertiary alicyclic amines) is 1. The van der Waals surface area contributed by atoms with E-state index in [0.717, 1.165) is 61.5 Å². The number of amides is 2. The molecule has 1 aliphatic carbocycles. The number of hydrogen-bond donors (Lipinski definition) is 2. The number of nitrogens with zero attached hydrogens (tertiary/aromatic N) is 3. The maximum Gasteiger partial charge on any atom is 0.251 e. The zero-order valence-electron chi connectivity index (χ0n) is 22.5. The Morgan fingerprint density at radius 1 is 0.838 bits per heavy atom. The van der Waals surface area contributed by atoms with Gasteiger partial charge in [-0.15, -0.1) is 0 Å². The molecule has 0 bridgehead atoms. The number of rotatable bonds is 5. The quantitative estimate of drug-likeness (QED) is 0.553. The van der Waals surface area contributed by atoms with Gasteiger partial charge in [-0.3, -0.25) is 9.59 Å². The Hall–Kier alpha value is -3.06. The lowest BCUT2D eigenvalue weighted by atomic mass is 9.99. The summed E-state index contributed by atoms with van der Waals surface area (Å²) in [5.74, 6) is 0.155. The second-order valence-corrected chi connectivity index (χ2v) is 11.1. The molecular formula is C30H41N5O2. The zero-order valence-corrected chi connectivity index (χ0v) is 22.5. The Morgan fingerprint density at radius 2 is 1.49 bits per heavy atom. The molecule has 7 nitrogen and oxygen atoms in total. The van der Waals surface area contributed by atoms with Crippen LogP contribution in [0.5, 0.6) is 0 Å². The van der Waals surface area contributed by atoms with Gasteiger partial charge in [0.25, 0.3) is 5.91 Å². The van der Waals surface area contributed by atoms with Crippen LogP contribution in [0, 0.1) is 0 Å². The zero-order chi connectivity index (χ0) is 25.9. The number of piperidine rings is 1. The van der Waals surface area contributed by atoms with Gasteiger partial charge in [0.15, 0.2) is 0 Å². The fourth-order valence-corrected chi connectivity index (χ4v) is 6.16. The molecule has 7 heteroatoms. The molecule has 0 aromatic heterocycles. The van der Waals surface area contributed by atoms with Crippen LogP contribution < -0.4 is 20.4 Å². The first kappa shape index (κ1) is 25.6. The van der Waals surface area contributed by atoms with Crippen molar-refractivity contribution >= 4 is 34.6 Å². The average molecular weight is 504 g/mol. The van der Waals surface area contributed by atoms with Gasteiger partial charge < -0.3 is 25.3 Å². The van der Waals surface area contributed by atoms with Gasteiger partial charge in [-0.05, 0) is 95.2 Å². The fourth-order valence-electron chi connectivity index (χ4n) is 6.16. The summed E-state index contributed by atoms with van der Waals surface area (Å²) < 4.78 is 0. The molecule has 1 saturated carbocycles. The van der Waals surface area contributed by atoms with Crippen LogP contribution in [0.15, 0.2) is 42.5 Å². The van der Waals surface area contributed by atoms with Gasteiger partial charge in [-0.2, -0.15) is 0 Å². The second kappa shape index (κ2) is 11.1. The van der Waals surface area contributed by atoms with Crippen LogP contribution in [0.25, 0.3) is 0 Å². The van der Waals surface area contributed by atoms with Gasteiger partial charge in [-0.25, -0.2) is 0 Å². The molecule has 2 aromatic rings. The molecule has 2 aliphatic heterocycles. The van der Waals surface area contributed by atoms with E-state index >= 15 is 0 Å². The van der Waals surface area contributed by atoms with Crippen molar-refractivity contribution in [3.63, 3.8) is 0 Å². The number of nitrogens with one attached hydrogen (secondary N) is 2. The van der Waals surface area contributed by atoms with Crippen LogP contribution >= 0.6 is 0 Å². The third kappa shape index (κ3) is 5.61. The minimum atomic E-state index is -0.168. The van der Waals surface area contributed by atoms with Crippen LogP contribution in [-0.4, -0.2) is 62.0 Å². The Balaban J connectivity index is 1.31. The van der Waals surface area contributed by atoms with E-state index in [0.29, 0.717) is 11.6 Å². The first-order chi connectivity index (χ1) is 17.9. The molecule has 1 atom stereocenters. The highest BCUT2D eigenvalue weighted by molar-refractivity contribution is 6.05. The number of fused-ring (bicyclic) bond motifs is 1. The maximum atomic E-state index is 13.1. The predicted octanol–water partition coefficient (Wildman–Crippen LogP) is 5.15. The van der Waals surface area contributed by atoms with Gasteiger partial charge in [0.05, 0.1) is 11.4 Å². The minimum absolute atomic E-state index is 0.00406. The summed E-state index contributed by atoms with van der Waals surface area (Å²) in [4.78, 5) is 32.3. The summed E-state index contributed by atoms with van der Waals surface area (Å²) >= 11 is 0. The van der Waals surface area contributed by atoms with Gasteiger partial charge in [-0.1, -0.05) is 25.7 Å². The molecule has 2 N–H and O–H groups in total. The van der Waals surface area contributed by atoms with Crippen molar-refractivity contribution in [1.29, 1.82) is 0 Å².